The zero-order chi connectivity index (χ0) is 9.23. The summed E-state index contributed by atoms with van der Waals surface area (Å²) in [6.45, 7) is 2.30. The van der Waals surface area contributed by atoms with E-state index in [1.54, 1.807) is 0 Å². The molecule has 0 atom stereocenters. The Hall–Kier alpha value is -0.540. The van der Waals surface area contributed by atoms with E-state index in [-0.39, 0.29) is 6.61 Å². The standard InChI is InChI=1S/C9H20N2O/c1-10-6-8-11(2)7-4-3-5-9-12/h4,7,10,12H,3,5-6,8-9H2,1-2H3/b7-4-. The molecular weight excluding hydrogens is 152 g/mol. The summed E-state index contributed by atoms with van der Waals surface area (Å²) in [6, 6.07) is 0. The molecule has 2 N–H and O–H groups in total. The van der Waals surface area contributed by atoms with Gasteiger partial charge in [-0.1, -0.05) is 6.08 Å². The second-order valence-electron chi connectivity index (χ2n) is 2.83. The molecule has 0 fully saturated rings. The van der Waals surface area contributed by atoms with Gasteiger partial charge in [0.15, 0.2) is 0 Å². The molecule has 0 aromatic carbocycles. The van der Waals surface area contributed by atoms with Crippen molar-refractivity contribution in [3.8, 4) is 0 Å². The monoisotopic (exact) mass is 172 g/mol. The summed E-state index contributed by atoms with van der Waals surface area (Å²) in [5.74, 6) is 0. The van der Waals surface area contributed by atoms with Gasteiger partial charge in [0.2, 0.25) is 0 Å². The molecular formula is C9H20N2O. The van der Waals surface area contributed by atoms with Crippen molar-refractivity contribution >= 4 is 0 Å². The van der Waals surface area contributed by atoms with Gasteiger partial charge in [-0.3, -0.25) is 0 Å². The van der Waals surface area contributed by atoms with Crippen molar-refractivity contribution in [3.05, 3.63) is 12.3 Å². The molecule has 0 aliphatic rings. The fraction of sp³-hybridized carbons (Fsp3) is 0.778. The molecule has 3 heteroatoms. The fourth-order valence-corrected chi connectivity index (χ4v) is 0.826. The maximum Gasteiger partial charge on any atom is 0.0433 e. The molecule has 0 heterocycles. The Morgan fingerprint density at radius 2 is 2.25 bits per heavy atom. The van der Waals surface area contributed by atoms with E-state index < -0.39 is 0 Å². The normalized spacial score (nSPS) is 10.9. The number of nitrogens with one attached hydrogen (secondary N) is 1. The van der Waals surface area contributed by atoms with Crippen LogP contribution in [0.3, 0.4) is 0 Å². The summed E-state index contributed by atoms with van der Waals surface area (Å²) < 4.78 is 0. The molecule has 0 aliphatic heterocycles. The zero-order valence-electron chi connectivity index (χ0n) is 8.08. The number of rotatable bonds is 7. The highest BCUT2D eigenvalue weighted by Crippen LogP contribution is 1.91. The fourth-order valence-electron chi connectivity index (χ4n) is 0.826. The Labute approximate surface area is 75.1 Å². The molecule has 72 valence electrons. The molecule has 0 rings (SSSR count). The van der Waals surface area contributed by atoms with Gasteiger partial charge >= 0.3 is 0 Å². The van der Waals surface area contributed by atoms with Crippen molar-refractivity contribution in [1.29, 1.82) is 0 Å². The average molecular weight is 172 g/mol. The quantitative estimate of drug-likeness (QED) is 0.546. The third-order valence-corrected chi connectivity index (χ3v) is 1.60. The van der Waals surface area contributed by atoms with Crippen LogP contribution in [0.15, 0.2) is 12.3 Å². The summed E-state index contributed by atoms with van der Waals surface area (Å²) >= 11 is 0. The molecule has 0 amide bonds. The lowest BCUT2D eigenvalue weighted by molar-refractivity contribution is 0.289. The summed E-state index contributed by atoms with van der Waals surface area (Å²) in [5, 5.41) is 11.6. The van der Waals surface area contributed by atoms with Gasteiger partial charge in [0, 0.05) is 26.7 Å². The van der Waals surface area contributed by atoms with E-state index in [9.17, 15) is 0 Å². The number of likely N-dealkylation sites (N-methyl/N-ethyl adjacent to an activating group) is 2. The van der Waals surface area contributed by atoms with Crippen LogP contribution in [0.25, 0.3) is 0 Å². The maximum atomic E-state index is 8.52. The van der Waals surface area contributed by atoms with Crippen molar-refractivity contribution in [2.24, 2.45) is 0 Å². The van der Waals surface area contributed by atoms with E-state index in [1.807, 2.05) is 14.1 Å². The number of hydrogen-bond donors (Lipinski definition) is 2. The van der Waals surface area contributed by atoms with Crippen LogP contribution in [-0.2, 0) is 0 Å². The lowest BCUT2D eigenvalue weighted by Gasteiger charge is -2.12. The second kappa shape index (κ2) is 8.56. The van der Waals surface area contributed by atoms with Crippen LogP contribution < -0.4 is 5.32 Å². The van der Waals surface area contributed by atoms with Gasteiger partial charge < -0.3 is 15.3 Å². The lowest BCUT2D eigenvalue weighted by atomic mass is 10.3. The minimum Gasteiger partial charge on any atom is -0.396 e. The first kappa shape index (κ1) is 11.5. The van der Waals surface area contributed by atoms with Gasteiger partial charge in [0.05, 0.1) is 0 Å². The van der Waals surface area contributed by atoms with Crippen LogP contribution >= 0.6 is 0 Å². The first-order valence-electron chi connectivity index (χ1n) is 4.43. The molecule has 0 unspecified atom stereocenters. The van der Waals surface area contributed by atoms with Gasteiger partial charge in [-0.15, -0.1) is 0 Å². The first-order chi connectivity index (χ1) is 5.81. The van der Waals surface area contributed by atoms with E-state index in [2.05, 4.69) is 22.5 Å². The maximum absolute atomic E-state index is 8.52. The number of hydrogen-bond acceptors (Lipinski definition) is 3. The van der Waals surface area contributed by atoms with E-state index in [0.29, 0.717) is 0 Å². The largest absolute Gasteiger partial charge is 0.396 e. The predicted molar refractivity (Wildman–Crippen MR) is 52.0 cm³/mol. The Bertz CT molecular complexity index is 115. The first-order valence-corrected chi connectivity index (χ1v) is 4.43. The Balaban J connectivity index is 3.27. The Morgan fingerprint density at radius 1 is 1.50 bits per heavy atom. The van der Waals surface area contributed by atoms with Gasteiger partial charge in [-0.2, -0.15) is 0 Å². The molecule has 0 aromatic heterocycles. The minimum absolute atomic E-state index is 0.282. The Kier molecular flexibility index (Phi) is 8.17. The molecule has 0 saturated heterocycles. The summed E-state index contributed by atoms with van der Waals surface area (Å²) in [4.78, 5) is 2.13. The van der Waals surface area contributed by atoms with Crippen molar-refractivity contribution in [2.75, 3.05) is 33.8 Å². The minimum atomic E-state index is 0.282. The third kappa shape index (κ3) is 7.57. The van der Waals surface area contributed by atoms with Crippen molar-refractivity contribution in [1.82, 2.24) is 10.2 Å². The smallest absolute Gasteiger partial charge is 0.0433 e. The number of allylic oxidation sites excluding steroid dienone is 1. The Morgan fingerprint density at radius 3 is 2.83 bits per heavy atom. The van der Waals surface area contributed by atoms with Crippen LogP contribution in [0.1, 0.15) is 12.8 Å². The van der Waals surface area contributed by atoms with Crippen molar-refractivity contribution in [2.45, 2.75) is 12.8 Å². The van der Waals surface area contributed by atoms with Crippen molar-refractivity contribution in [3.63, 3.8) is 0 Å². The zero-order valence-corrected chi connectivity index (χ0v) is 8.08. The van der Waals surface area contributed by atoms with E-state index >= 15 is 0 Å². The van der Waals surface area contributed by atoms with Crippen LogP contribution in [0, 0.1) is 0 Å². The highest BCUT2D eigenvalue weighted by Gasteiger charge is 1.87. The van der Waals surface area contributed by atoms with E-state index in [1.165, 1.54) is 0 Å². The lowest BCUT2D eigenvalue weighted by Crippen LogP contribution is -2.23. The molecule has 0 aromatic rings. The number of aliphatic hydroxyl groups excluding tert-OH is 1. The van der Waals surface area contributed by atoms with E-state index in [4.69, 9.17) is 5.11 Å². The van der Waals surface area contributed by atoms with Crippen LogP contribution in [0.5, 0.6) is 0 Å². The van der Waals surface area contributed by atoms with E-state index in [0.717, 1.165) is 25.9 Å². The van der Waals surface area contributed by atoms with Crippen LogP contribution in [0.2, 0.25) is 0 Å². The third-order valence-electron chi connectivity index (χ3n) is 1.60. The van der Waals surface area contributed by atoms with Crippen LogP contribution in [-0.4, -0.2) is 43.8 Å². The highest BCUT2D eigenvalue weighted by molar-refractivity contribution is 4.80. The molecule has 12 heavy (non-hydrogen) atoms. The van der Waals surface area contributed by atoms with Gasteiger partial charge in [-0.25, -0.2) is 0 Å². The molecule has 0 spiro atoms. The number of unbranched alkanes of at least 4 members (excludes halogenated alkanes) is 1. The second-order valence-corrected chi connectivity index (χ2v) is 2.83. The molecule has 0 radical (unpaired) electrons. The topological polar surface area (TPSA) is 35.5 Å². The average Bonchev–Trinajstić information content (AvgIpc) is 2.09. The summed E-state index contributed by atoms with van der Waals surface area (Å²) in [6.07, 6.45) is 5.97. The van der Waals surface area contributed by atoms with Gasteiger partial charge in [-0.05, 0) is 26.1 Å². The predicted octanol–water partition coefficient (Wildman–Crippen LogP) is 0.424. The van der Waals surface area contributed by atoms with Gasteiger partial charge in [0.1, 0.15) is 0 Å². The SMILES string of the molecule is CNCCN(C)/C=C\CCCO. The molecule has 0 aliphatic carbocycles. The summed E-state index contributed by atoms with van der Waals surface area (Å²) in [5.41, 5.74) is 0. The number of nitrogens with zero attached hydrogens (tertiary/aromatic N) is 1. The van der Waals surface area contributed by atoms with Crippen molar-refractivity contribution < 1.29 is 5.11 Å². The molecule has 3 nitrogen and oxygen atoms in total. The highest BCUT2D eigenvalue weighted by atomic mass is 16.2. The van der Waals surface area contributed by atoms with Crippen LogP contribution in [0.4, 0.5) is 0 Å². The summed E-state index contributed by atoms with van der Waals surface area (Å²) in [7, 11) is 4.00. The molecule has 0 bridgehead atoms. The molecule has 0 saturated carbocycles. The van der Waals surface area contributed by atoms with Gasteiger partial charge in [0.25, 0.3) is 0 Å². The number of aliphatic hydroxyl groups is 1.